The third-order valence-electron chi connectivity index (χ3n) is 3.18. The van der Waals surface area contributed by atoms with Crippen molar-refractivity contribution < 1.29 is 9.53 Å². The van der Waals surface area contributed by atoms with Gasteiger partial charge in [0.15, 0.2) is 0 Å². The smallest absolute Gasteiger partial charge is 0.306 e. The van der Waals surface area contributed by atoms with Gasteiger partial charge in [0, 0.05) is 49.4 Å². The molecule has 0 radical (unpaired) electrons. The molecule has 100 valence electrons. The molecule has 1 aromatic heterocycles. The number of carbonyl (C=O) groups is 1. The van der Waals surface area contributed by atoms with Crippen molar-refractivity contribution in [3.63, 3.8) is 0 Å². The summed E-state index contributed by atoms with van der Waals surface area (Å²) in [5, 5.41) is 4.23. The first-order valence-corrected chi connectivity index (χ1v) is 7.23. The van der Waals surface area contributed by atoms with Crippen LogP contribution in [0.5, 0.6) is 0 Å². The van der Waals surface area contributed by atoms with Crippen molar-refractivity contribution in [1.29, 1.82) is 0 Å². The van der Waals surface area contributed by atoms with E-state index in [9.17, 15) is 4.79 Å². The van der Waals surface area contributed by atoms with Crippen LogP contribution in [0.3, 0.4) is 0 Å². The number of hydrogen-bond donors (Lipinski definition) is 0. The Balaban J connectivity index is 1.99. The largest absolute Gasteiger partial charge is 0.469 e. The Labute approximate surface area is 111 Å². The van der Waals surface area contributed by atoms with E-state index in [4.69, 9.17) is 4.74 Å². The average molecular weight is 269 g/mol. The SMILES string of the molecule is COC(=O)CCN1CCSC[C@@H]1c1cnn(C)c1. The van der Waals surface area contributed by atoms with Gasteiger partial charge in [0.25, 0.3) is 0 Å². The summed E-state index contributed by atoms with van der Waals surface area (Å²) in [6.07, 6.45) is 4.43. The van der Waals surface area contributed by atoms with E-state index in [0.717, 1.165) is 24.6 Å². The first kappa shape index (κ1) is 13.4. The first-order chi connectivity index (χ1) is 8.70. The van der Waals surface area contributed by atoms with Crippen LogP contribution in [0.15, 0.2) is 12.4 Å². The van der Waals surface area contributed by atoms with Crippen LogP contribution in [0.1, 0.15) is 18.0 Å². The van der Waals surface area contributed by atoms with Crippen molar-refractivity contribution in [2.24, 2.45) is 7.05 Å². The second-order valence-electron chi connectivity index (χ2n) is 4.40. The summed E-state index contributed by atoms with van der Waals surface area (Å²) in [7, 11) is 3.37. The predicted octanol–water partition coefficient (Wildman–Crippen LogP) is 1.07. The highest BCUT2D eigenvalue weighted by Crippen LogP contribution is 2.29. The van der Waals surface area contributed by atoms with E-state index in [0.29, 0.717) is 12.5 Å². The van der Waals surface area contributed by atoms with Gasteiger partial charge in [0.1, 0.15) is 0 Å². The van der Waals surface area contributed by atoms with Gasteiger partial charge in [-0.15, -0.1) is 0 Å². The number of ether oxygens (including phenoxy) is 1. The summed E-state index contributed by atoms with van der Waals surface area (Å²) in [4.78, 5) is 13.6. The topological polar surface area (TPSA) is 47.4 Å². The maximum atomic E-state index is 11.2. The number of aryl methyl sites for hydroxylation is 1. The van der Waals surface area contributed by atoms with Gasteiger partial charge in [0.2, 0.25) is 0 Å². The van der Waals surface area contributed by atoms with Crippen LogP contribution in [-0.4, -0.2) is 52.4 Å². The Kier molecular flexibility index (Phi) is 4.66. The van der Waals surface area contributed by atoms with Gasteiger partial charge in [-0.2, -0.15) is 16.9 Å². The lowest BCUT2D eigenvalue weighted by molar-refractivity contribution is -0.141. The zero-order valence-electron chi connectivity index (χ0n) is 10.8. The molecule has 1 fully saturated rings. The first-order valence-electron chi connectivity index (χ1n) is 6.08. The summed E-state index contributed by atoms with van der Waals surface area (Å²) in [6, 6.07) is 0.363. The number of carbonyl (C=O) groups excluding carboxylic acids is 1. The number of esters is 1. The van der Waals surface area contributed by atoms with Gasteiger partial charge >= 0.3 is 5.97 Å². The molecule has 1 aliphatic rings. The minimum absolute atomic E-state index is 0.141. The summed E-state index contributed by atoms with van der Waals surface area (Å²) in [5.74, 6) is 2.04. The van der Waals surface area contributed by atoms with Gasteiger partial charge in [0.05, 0.1) is 19.7 Å². The Morgan fingerprint density at radius 3 is 3.17 bits per heavy atom. The Morgan fingerprint density at radius 2 is 2.50 bits per heavy atom. The Bertz CT molecular complexity index is 408. The fourth-order valence-corrected chi connectivity index (χ4v) is 3.32. The van der Waals surface area contributed by atoms with Gasteiger partial charge in [-0.25, -0.2) is 0 Å². The monoisotopic (exact) mass is 269 g/mol. The lowest BCUT2D eigenvalue weighted by Gasteiger charge is -2.34. The van der Waals surface area contributed by atoms with Crippen molar-refractivity contribution in [3.05, 3.63) is 18.0 Å². The summed E-state index contributed by atoms with van der Waals surface area (Å²) in [5.41, 5.74) is 1.23. The molecule has 0 aromatic carbocycles. The van der Waals surface area contributed by atoms with Crippen LogP contribution < -0.4 is 0 Å². The van der Waals surface area contributed by atoms with Gasteiger partial charge in [-0.1, -0.05) is 0 Å². The van der Waals surface area contributed by atoms with Crippen molar-refractivity contribution in [2.75, 3.05) is 31.7 Å². The number of thioether (sulfide) groups is 1. The van der Waals surface area contributed by atoms with E-state index in [1.165, 1.54) is 12.7 Å². The van der Waals surface area contributed by atoms with Crippen molar-refractivity contribution in [3.8, 4) is 0 Å². The molecule has 1 aromatic rings. The number of hydrogen-bond acceptors (Lipinski definition) is 5. The van der Waals surface area contributed by atoms with Gasteiger partial charge in [-0.05, 0) is 0 Å². The van der Waals surface area contributed by atoms with E-state index >= 15 is 0 Å². The third kappa shape index (κ3) is 3.26. The molecule has 5 nitrogen and oxygen atoms in total. The molecular formula is C12H19N3O2S. The van der Waals surface area contributed by atoms with Crippen molar-refractivity contribution in [2.45, 2.75) is 12.5 Å². The molecule has 18 heavy (non-hydrogen) atoms. The van der Waals surface area contributed by atoms with E-state index in [1.54, 1.807) is 0 Å². The average Bonchev–Trinajstić information content (AvgIpc) is 2.83. The summed E-state index contributed by atoms with van der Waals surface area (Å²) >= 11 is 1.96. The van der Waals surface area contributed by atoms with Crippen molar-refractivity contribution >= 4 is 17.7 Å². The zero-order valence-corrected chi connectivity index (χ0v) is 11.7. The quantitative estimate of drug-likeness (QED) is 0.765. The molecule has 0 amide bonds. The lowest BCUT2D eigenvalue weighted by Crippen LogP contribution is -2.37. The normalized spacial score (nSPS) is 20.9. The van der Waals surface area contributed by atoms with Crippen molar-refractivity contribution in [1.82, 2.24) is 14.7 Å². The van der Waals surface area contributed by atoms with Crippen LogP contribution in [0.4, 0.5) is 0 Å². The number of rotatable bonds is 4. The lowest BCUT2D eigenvalue weighted by atomic mass is 10.1. The Morgan fingerprint density at radius 1 is 1.67 bits per heavy atom. The van der Waals surface area contributed by atoms with Crippen LogP contribution in [0.25, 0.3) is 0 Å². The molecule has 2 rings (SSSR count). The Hall–Kier alpha value is -1.01. The van der Waals surface area contributed by atoms with E-state index in [2.05, 4.69) is 16.2 Å². The molecular weight excluding hydrogens is 250 g/mol. The van der Waals surface area contributed by atoms with Gasteiger partial charge < -0.3 is 4.74 Å². The number of aromatic nitrogens is 2. The molecule has 0 unspecified atom stereocenters. The maximum Gasteiger partial charge on any atom is 0.306 e. The summed E-state index contributed by atoms with van der Waals surface area (Å²) < 4.78 is 6.53. The molecule has 0 aliphatic carbocycles. The third-order valence-corrected chi connectivity index (χ3v) is 4.20. The van der Waals surface area contributed by atoms with Crippen LogP contribution in [-0.2, 0) is 16.6 Å². The van der Waals surface area contributed by atoms with E-state index in [1.807, 2.05) is 29.7 Å². The highest BCUT2D eigenvalue weighted by Gasteiger charge is 2.25. The summed E-state index contributed by atoms with van der Waals surface area (Å²) in [6.45, 7) is 1.77. The van der Waals surface area contributed by atoms with Gasteiger partial charge in [-0.3, -0.25) is 14.4 Å². The van der Waals surface area contributed by atoms with Crippen LogP contribution in [0.2, 0.25) is 0 Å². The number of methoxy groups -OCH3 is 1. The molecule has 0 spiro atoms. The maximum absolute atomic E-state index is 11.2. The molecule has 0 N–H and O–H groups in total. The number of nitrogens with zero attached hydrogens (tertiary/aromatic N) is 3. The van der Waals surface area contributed by atoms with E-state index < -0.39 is 0 Å². The molecule has 1 atom stereocenters. The zero-order chi connectivity index (χ0) is 13.0. The van der Waals surface area contributed by atoms with Crippen LogP contribution in [0, 0.1) is 0 Å². The second kappa shape index (κ2) is 6.24. The molecule has 2 heterocycles. The fourth-order valence-electron chi connectivity index (χ4n) is 2.16. The standard InChI is InChI=1S/C12H19N3O2S/c1-14-8-10(7-13-14)11-9-18-6-5-15(11)4-3-12(16)17-2/h7-8,11H,3-6,9H2,1-2H3/t11-/m1/s1. The minimum Gasteiger partial charge on any atom is -0.469 e. The molecule has 0 bridgehead atoms. The second-order valence-corrected chi connectivity index (χ2v) is 5.55. The van der Waals surface area contributed by atoms with Crippen LogP contribution >= 0.6 is 11.8 Å². The molecule has 6 heteroatoms. The highest BCUT2D eigenvalue weighted by atomic mass is 32.2. The fraction of sp³-hybridized carbons (Fsp3) is 0.667. The molecule has 0 saturated carbocycles. The van der Waals surface area contributed by atoms with E-state index in [-0.39, 0.29) is 5.97 Å². The molecule has 1 saturated heterocycles. The highest BCUT2D eigenvalue weighted by molar-refractivity contribution is 7.99. The minimum atomic E-state index is -0.141. The predicted molar refractivity (Wildman–Crippen MR) is 71.5 cm³/mol. The molecule has 1 aliphatic heterocycles.